The van der Waals surface area contributed by atoms with E-state index in [9.17, 15) is 0 Å². The van der Waals surface area contributed by atoms with E-state index in [0.717, 1.165) is 22.3 Å². The largest absolute Gasteiger partial charge is 0.264 e. The second-order valence-corrected chi connectivity index (χ2v) is 12.6. The van der Waals surface area contributed by atoms with E-state index in [-0.39, 0.29) is 0 Å². The van der Waals surface area contributed by atoms with Crippen molar-refractivity contribution in [3.8, 4) is 66.8 Å². The maximum atomic E-state index is 4.42. The van der Waals surface area contributed by atoms with Crippen LogP contribution in [0.25, 0.3) is 88.3 Å². The lowest BCUT2D eigenvalue weighted by atomic mass is 9.83. The van der Waals surface area contributed by atoms with Crippen molar-refractivity contribution >= 4 is 21.5 Å². The normalized spacial score (nSPS) is 11.2. The highest BCUT2D eigenvalue weighted by Gasteiger charge is 2.19. The van der Waals surface area contributed by atoms with Crippen molar-refractivity contribution in [1.29, 1.82) is 0 Å². The predicted molar refractivity (Wildman–Crippen MR) is 210 cm³/mol. The van der Waals surface area contributed by atoms with Gasteiger partial charge in [-0.15, -0.1) is 0 Å². The van der Waals surface area contributed by atoms with Gasteiger partial charge in [-0.3, -0.25) is 9.97 Å². The standard InChI is InChI=1S/C48H32N2/c1-3-11-33(12-4-1)37-21-23-43-45(29-37)47(39-17-7-15-35(27-39)41-19-9-25-49-31-41)44-24-22-38(34-13-5-2-6-14-34)30-46(44)48(43)40-18-8-16-36(28-40)42-20-10-26-50-32-42/h1-32H. The van der Waals surface area contributed by atoms with Crippen molar-refractivity contribution in [1.82, 2.24) is 9.97 Å². The molecule has 0 aliphatic rings. The smallest absolute Gasteiger partial charge is 0.0346 e. The number of hydrogen-bond donors (Lipinski definition) is 0. The Bertz CT molecular complexity index is 2430. The molecule has 9 aromatic rings. The number of benzene rings is 7. The Kier molecular flexibility index (Phi) is 7.53. The van der Waals surface area contributed by atoms with E-state index in [1.54, 1.807) is 0 Å². The Labute approximate surface area is 292 Å². The van der Waals surface area contributed by atoms with Gasteiger partial charge >= 0.3 is 0 Å². The molecule has 0 saturated heterocycles. The van der Waals surface area contributed by atoms with Crippen LogP contribution >= 0.6 is 0 Å². The lowest BCUT2D eigenvalue weighted by molar-refractivity contribution is 1.33. The minimum absolute atomic E-state index is 1.10. The molecule has 0 bridgehead atoms. The second-order valence-electron chi connectivity index (χ2n) is 12.6. The molecule has 2 heterocycles. The molecule has 0 fully saturated rings. The first-order valence-electron chi connectivity index (χ1n) is 17.0. The fourth-order valence-corrected chi connectivity index (χ4v) is 7.25. The Morgan fingerprint density at radius 2 is 0.620 bits per heavy atom. The van der Waals surface area contributed by atoms with Crippen LogP contribution in [-0.4, -0.2) is 9.97 Å². The zero-order valence-electron chi connectivity index (χ0n) is 27.4. The molecule has 0 atom stereocenters. The second kappa shape index (κ2) is 12.8. The minimum atomic E-state index is 1.10. The maximum Gasteiger partial charge on any atom is 0.0346 e. The molecule has 0 aliphatic carbocycles. The third kappa shape index (κ3) is 5.43. The van der Waals surface area contributed by atoms with Crippen molar-refractivity contribution < 1.29 is 0 Å². The molecule has 0 aliphatic heterocycles. The van der Waals surface area contributed by atoms with Crippen LogP contribution in [0.5, 0.6) is 0 Å². The summed E-state index contributed by atoms with van der Waals surface area (Å²) in [5.41, 5.74) is 14.1. The van der Waals surface area contributed by atoms with Gasteiger partial charge in [0.25, 0.3) is 0 Å². The molecule has 9 rings (SSSR count). The van der Waals surface area contributed by atoms with Crippen LogP contribution in [0.3, 0.4) is 0 Å². The topological polar surface area (TPSA) is 25.8 Å². The van der Waals surface area contributed by atoms with E-state index in [4.69, 9.17) is 0 Å². The highest BCUT2D eigenvalue weighted by atomic mass is 14.6. The van der Waals surface area contributed by atoms with Gasteiger partial charge in [0.05, 0.1) is 0 Å². The minimum Gasteiger partial charge on any atom is -0.264 e. The van der Waals surface area contributed by atoms with Crippen LogP contribution in [0, 0.1) is 0 Å². The molecule has 234 valence electrons. The third-order valence-electron chi connectivity index (χ3n) is 9.62. The van der Waals surface area contributed by atoms with Crippen molar-refractivity contribution in [2.75, 3.05) is 0 Å². The highest BCUT2D eigenvalue weighted by Crippen LogP contribution is 2.47. The van der Waals surface area contributed by atoms with Crippen LogP contribution in [0.2, 0.25) is 0 Å². The summed E-state index contributed by atoms with van der Waals surface area (Å²) in [6.07, 6.45) is 7.53. The first-order valence-corrected chi connectivity index (χ1v) is 17.0. The van der Waals surface area contributed by atoms with Crippen LogP contribution < -0.4 is 0 Å². The quantitative estimate of drug-likeness (QED) is 0.170. The van der Waals surface area contributed by atoms with Gasteiger partial charge in [-0.25, -0.2) is 0 Å². The Balaban J connectivity index is 1.40. The molecular weight excluding hydrogens is 605 g/mol. The van der Waals surface area contributed by atoms with Gasteiger partial charge in [0.2, 0.25) is 0 Å². The Morgan fingerprint density at radius 3 is 1.04 bits per heavy atom. The summed E-state index contributed by atoms with van der Waals surface area (Å²) in [7, 11) is 0. The van der Waals surface area contributed by atoms with E-state index in [2.05, 4.69) is 168 Å². The summed E-state index contributed by atoms with van der Waals surface area (Å²) in [5.74, 6) is 0. The first-order chi connectivity index (χ1) is 24.8. The van der Waals surface area contributed by atoms with Gasteiger partial charge in [-0.1, -0.05) is 133 Å². The molecule has 0 radical (unpaired) electrons. The summed E-state index contributed by atoms with van der Waals surface area (Å²) in [5, 5.41) is 4.87. The maximum absolute atomic E-state index is 4.42. The number of nitrogens with zero attached hydrogens (tertiary/aromatic N) is 2. The van der Waals surface area contributed by atoms with E-state index < -0.39 is 0 Å². The zero-order chi connectivity index (χ0) is 33.3. The highest BCUT2D eigenvalue weighted by molar-refractivity contribution is 6.22. The lowest BCUT2D eigenvalue weighted by Gasteiger charge is -2.20. The molecule has 50 heavy (non-hydrogen) atoms. The van der Waals surface area contributed by atoms with Gasteiger partial charge in [0.15, 0.2) is 0 Å². The van der Waals surface area contributed by atoms with Crippen LogP contribution in [-0.2, 0) is 0 Å². The molecule has 7 aromatic carbocycles. The van der Waals surface area contributed by atoms with E-state index in [0.29, 0.717) is 0 Å². The fraction of sp³-hybridized carbons (Fsp3) is 0. The van der Waals surface area contributed by atoms with Gasteiger partial charge in [-0.2, -0.15) is 0 Å². The predicted octanol–water partition coefficient (Wildman–Crippen LogP) is 12.8. The molecule has 0 amide bonds. The number of aromatic nitrogens is 2. The zero-order valence-corrected chi connectivity index (χ0v) is 27.4. The number of rotatable bonds is 6. The molecule has 0 saturated carbocycles. The average Bonchev–Trinajstić information content (AvgIpc) is 3.21. The SMILES string of the molecule is c1ccc(-c2ccc3c(-c4cccc(-c5cccnc5)c4)c4cc(-c5ccccc5)ccc4c(-c4cccc(-c5cccnc5)c4)c3c2)cc1. The van der Waals surface area contributed by atoms with E-state index >= 15 is 0 Å². The first kappa shape index (κ1) is 29.5. The molecule has 0 N–H and O–H groups in total. The summed E-state index contributed by atoms with van der Waals surface area (Å²) < 4.78 is 0. The molecule has 0 spiro atoms. The van der Waals surface area contributed by atoms with Crippen molar-refractivity contribution in [3.63, 3.8) is 0 Å². The summed E-state index contributed by atoms with van der Waals surface area (Å²) in [4.78, 5) is 8.83. The third-order valence-corrected chi connectivity index (χ3v) is 9.62. The van der Waals surface area contributed by atoms with Crippen molar-refractivity contribution in [3.05, 3.63) is 195 Å². The van der Waals surface area contributed by atoms with Crippen LogP contribution in [0.4, 0.5) is 0 Å². The number of hydrogen-bond acceptors (Lipinski definition) is 2. The number of pyridine rings is 2. The van der Waals surface area contributed by atoms with Gasteiger partial charge < -0.3 is 0 Å². The Morgan fingerprint density at radius 1 is 0.240 bits per heavy atom. The van der Waals surface area contributed by atoms with Gasteiger partial charge in [0, 0.05) is 35.9 Å². The van der Waals surface area contributed by atoms with Crippen molar-refractivity contribution in [2.24, 2.45) is 0 Å². The Hall–Kier alpha value is -6.64. The van der Waals surface area contributed by atoms with Gasteiger partial charge in [-0.05, 0) is 114 Å². The molecule has 2 nitrogen and oxygen atoms in total. The van der Waals surface area contributed by atoms with Gasteiger partial charge in [0.1, 0.15) is 0 Å². The molecule has 0 unspecified atom stereocenters. The molecular formula is C48H32N2. The summed E-state index contributed by atoms with van der Waals surface area (Å²) in [6, 6.07) is 61.4. The summed E-state index contributed by atoms with van der Waals surface area (Å²) >= 11 is 0. The van der Waals surface area contributed by atoms with E-state index in [1.807, 2.05) is 36.9 Å². The van der Waals surface area contributed by atoms with E-state index in [1.165, 1.54) is 66.1 Å². The average molecular weight is 637 g/mol. The van der Waals surface area contributed by atoms with Crippen LogP contribution in [0.15, 0.2) is 195 Å². The summed E-state index contributed by atoms with van der Waals surface area (Å²) in [6.45, 7) is 0. The monoisotopic (exact) mass is 636 g/mol. The number of fused-ring (bicyclic) bond motifs is 2. The fourth-order valence-electron chi connectivity index (χ4n) is 7.25. The van der Waals surface area contributed by atoms with Crippen molar-refractivity contribution in [2.45, 2.75) is 0 Å². The van der Waals surface area contributed by atoms with Crippen LogP contribution in [0.1, 0.15) is 0 Å². The molecule has 2 heteroatoms. The lowest BCUT2D eigenvalue weighted by Crippen LogP contribution is -1.93. The molecule has 2 aromatic heterocycles.